The number of aryl methyl sites for hydroxylation is 1. The molecule has 0 aliphatic carbocycles. The molecular formula is C14H18. The molecule has 0 aromatic heterocycles. The van der Waals surface area contributed by atoms with Crippen LogP contribution in [0.2, 0.25) is 0 Å². The van der Waals surface area contributed by atoms with Gasteiger partial charge in [0.1, 0.15) is 0 Å². The summed E-state index contributed by atoms with van der Waals surface area (Å²) in [7, 11) is 0. The van der Waals surface area contributed by atoms with E-state index in [1.54, 1.807) is 0 Å². The Morgan fingerprint density at radius 2 is 2.00 bits per heavy atom. The van der Waals surface area contributed by atoms with Crippen LogP contribution in [0.4, 0.5) is 0 Å². The summed E-state index contributed by atoms with van der Waals surface area (Å²) < 4.78 is 0. The normalized spacial score (nSPS) is 12.9. The van der Waals surface area contributed by atoms with Crippen LogP contribution in [0, 0.1) is 5.92 Å². The summed E-state index contributed by atoms with van der Waals surface area (Å²) in [5.41, 5.74) is 1.41. The van der Waals surface area contributed by atoms with E-state index in [1.807, 2.05) is 6.08 Å². The maximum atomic E-state index is 3.84. The van der Waals surface area contributed by atoms with Gasteiger partial charge in [-0.05, 0) is 31.2 Å². The zero-order valence-corrected chi connectivity index (χ0v) is 8.82. The molecule has 1 atom stereocenters. The Hall–Kier alpha value is -1.30. The zero-order chi connectivity index (χ0) is 10.2. The Labute approximate surface area is 87.0 Å². The van der Waals surface area contributed by atoms with E-state index in [9.17, 15) is 0 Å². The number of rotatable bonds is 5. The number of benzene rings is 1. The van der Waals surface area contributed by atoms with Crippen LogP contribution in [0.5, 0.6) is 0 Å². The van der Waals surface area contributed by atoms with E-state index in [4.69, 9.17) is 0 Å². The van der Waals surface area contributed by atoms with Crippen molar-refractivity contribution in [2.75, 3.05) is 0 Å². The van der Waals surface area contributed by atoms with E-state index in [0.717, 1.165) is 12.8 Å². The summed E-state index contributed by atoms with van der Waals surface area (Å²) in [6.45, 7) is 5.90. The lowest BCUT2D eigenvalue weighted by molar-refractivity contribution is 0.709. The van der Waals surface area contributed by atoms with Gasteiger partial charge < -0.3 is 0 Å². The zero-order valence-electron chi connectivity index (χ0n) is 8.82. The molecule has 1 unspecified atom stereocenters. The van der Waals surface area contributed by atoms with Gasteiger partial charge in [0.2, 0.25) is 0 Å². The fraction of sp³-hybridized carbons (Fsp3) is 0.286. The molecule has 0 heterocycles. The Bertz CT molecular complexity index is 282. The Morgan fingerprint density at radius 1 is 1.29 bits per heavy atom. The quantitative estimate of drug-likeness (QED) is 0.610. The second-order valence-electron chi connectivity index (χ2n) is 3.45. The molecule has 0 saturated heterocycles. The van der Waals surface area contributed by atoms with Crippen molar-refractivity contribution in [3.8, 4) is 0 Å². The third-order valence-corrected chi connectivity index (χ3v) is 2.35. The number of allylic oxidation sites excluding steroid dienone is 3. The van der Waals surface area contributed by atoms with Crippen molar-refractivity contribution in [1.82, 2.24) is 0 Å². The van der Waals surface area contributed by atoms with Gasteiger partial charge in [0.05, 0.1) is 0 Å². The molecule has 0 aliphatic rings. The SMILES string of the molecule is C=CC(/C=C/C)CCc1ccccc1. The first kappa shape index (κ1) is 10.8. The molecule has 0 amide bonds. The molecule has 0 bridgehead atoms. The Balaban J connectivity index is 2.43. The molecule has 0 radical (unpaired) electrons. The van der Waals surface area contributed by atoms with Crippen LogP contribution < -0.4 is 0 Å². The Kier molecular flexibility index (Phi) is 4.77. The van der Waals surface area contributed by atoms with Crippen LogP contribution in [-0.4, -0.2) is 0 Å². The molecule has 14 heavy (non-hydrogen) atoms. The molecule has 0 N–H and O–H groups in total. The predicted octanol–water partition coefficient (Wildman–Crippen LogP) is 4.00. The van der Waals surface area contributed by atoms with Crippen LogP contribution in [0.15, 0.2) is 55.1 Å². The van der Waals surface area contributed by atoms with Gasteiger partial charge in [-0.3, -0.25) is 0 Å². The largest absolute Gasteiger partial charge is 0.102 e. The van der Waals surface area contributed by atoms with Gasteiger partial charge in [0.15, 0.2) is 0 Å². The molecule has 1 rings (SSSR count). The van der Waals surface area contributed by atoms with E-state index >= 15 is 0 Å². The third-order valence-electron chi connectivity index (χ3n) is 2.35. The van der Waals surface area contributed by atoms with E-state index in [-0.39, 0.29) is 0 Å². The van der Waals surface area contributed by atoms with Gasteiger partial charge in [-0.15, -0.1) is 6.58 Å². The molecule has 0 heteroatoms. The fourth-order valence-corrected chi connectivity index (χ4v) is 1.52. The first-order valence-electron chi connectivity index (χ1n) is 5.16. The number of hydrogen-bond acceptors (Lipinski definition) is 0. The average molecular weight is 186 g/mol. The van der Waals surface area contributed by atoms with E-state index in [0.29, 0.717) is 5.92 Å². The van der Waals surface area contributed by atoms with Crippen LogP contribution in [0.25, 0.3) is 0 Å². The van der Waals surface area contributed by atoms with E-state index in [1.165, 1.54) is 5.56 Å². The van der Waals surface area contributed by atoms with Crippen LogP contribution in [0.3, 0.4) is 0 Å². The second kappa shape index (κ2) is 6.20. The first-order chi connectivity index (χ1) is 6.86. The molecule has 0 fully saturated rings. The summed E-state index contributed by atoms with van der Waals surface area (Å²) in [4.78, 5) is 0. The molecule has 1 aromatic carbocycles. The molecule has 0 aliphatic heterocycles. The standard InChI is InChI=1S/C14H18/c1-3-8-13(4-2)11-12-14-9-6-5-7-10-14/h3-10,13H,2,11-12H2,1H3/b8-3+. The molecule has 1 aromatic rings. The maximum absolute atomic E-state index is 3.84. The smallest absolute Gasteiger partial charge is 0.00531 e. The minimum Gasteiger partial charge on any atom is -0.102 e. The van der Waals surface area contributed by atoms with Crippen molar-refractivity contribution >= 4 is 0 Å². The van der Waals surface area contributed by atoms with Crippen molar-refractivity contribution in [2.24, 2.45) is 5.92 Å². The number of hydrogen-bond donors (Lipinski definition) is 0. The molecule has 0 spiro atoms. The lowest BCUT2D eigenvalue weighted by Crippen LogP contribution is -1.94. The minimum absolute atomic E-state index is 0.514. The molecular weight excluding hydrogens is 168 g/mol. The van der Waals surface area contributed by atoms with Gasteiger partial charge in [0.25, 0.3) is 0 Å². The fourth-order valence-electron chi connectivity index (χ4n) is 1.52. The van der Waals surface area contributed by atoms with Gasteiger partial charge in [-0.1, -0.05) is 48.6 Å². The van der Waals surface area contributed by atoms with Crippen molar-refractivity contribution < 1.29 is 0 Å². The van der Waals surface area contributed by atoms with Crippen molar-refractivity contribution in [3.05, 3.63) is 60.7 Å². The predicted molar refractivity (Wildman–Crippen MR) is 63.3 cm³/mol. The van der Waals surface area contributed by atoms with Gasteiger partial charge in [-0.2, -0.15) is 0 Å². The van der Waals surface area contributed by atoms with Gasteiger partial charge >= 0.3 is 0 Å². The lowest BCUT2D eigenvalue weighted by atomic mass is 9.99. The van der Waals surface area contributed by atoms with Crippen molar-refractivity contribution in [1.29, 1.82) is 0 Å². The highest BCUT2D eigenvalue weighted by molar-refractivity contribution is 5.15. The highest BCUT2D eigenvalue weighted by atomic mass is 14.0. The summed E-state index contributed by atoms with van der Waals surface area (Å²) >= 11 is 0. The minimum atomic E-state index is 0.514. The molecule has 0 saturated carbocycles. The van der Waals surface area contributed by atoms with Crippen molar-refractivity contribution in [3.63, 3.8) is 0 Å². The van der Waals surface area contributed by atoms with E-state index in [2.05, 4.69) is 56.0 Å². The highest BCUT2D eigenvalue weighted by Gasteiger charge is 1.99. The van der Waals surface area contributed by atoms with Crippen LogP contribution in [-0.2, 0) is 6.42 Å². The molecule has 74 valence electrons. The lowest BCUT2D eigenvalue weighted by Gasteiger charge is -2.06. The summed E-state index contributed by atoms with van der Waals surface area (Å²) in [5, 5.41) is 0. The third kappa shape index (κ3) is 3.61. The van der Waals surface area contributed by atoms with Gasteiger partial charge in [0, 0.05) is 0 Å². The first-order valence-corrected chi connectivity index (χ1v) is 5.16. The molecule has 0 nitrogen and oxygen atoms in total. The summed E-state index contributed by atoms with van der Waals surface area (Å²) in [5.74, 6) is 0.514. The maximum Gasteiger partial charge on any atom is -0.00531 e. The van der Waals surface area contributed by atoms with E-state index < -0.39 is 0 Å². The van der Waals surface area contributed by atoms with Crippen molar-refractivity contribution in [2.45, 2.75) is 19.8 Å². The van der Waals surface area contributed by atoms with Crippen LogP contribution in [0.1, 0.15) is 18.9 Å². The monoisotopic (exact) mass is 186 g/mol. The average Bonchev–Trinajstić information content (AvgIpc) is 2.25. The van der Waals surface area contributed by atoms with Gasteiger partial charge in [-0.25, -0.2) is 0 Å². The highest BCUT2D eigenvalue weighted by Crippen LogP contribution is 2.11. The summed E-state index contributed by atoms with van der Waals surface area (Å²) in [6.07, 6.45) is 8.59. The van der Waals surface area contributed by atoms with Crippen LogP contribution >= 0.6 is 0 Å². The summed E-state index contributed by atoms with van der Waals surface area (Å²) in [6, 6.07) is 10.6. The second-order valence-corrected chi connectivity index (χ2v) is 3.45. The topological polar surface area (TPSA) is 0 Å². The Morgan fingerprint density at radius 3 is 2.57 bits per heavy atom.